The lowest BCUT2D eigenvalue weighted by molar-refractivity contribution is 0.483. The fourth-order valence-corrected chi connectivity index (χ4v) is 9.73. The van der Waals surface area contributed by atoms with E-state index in [2.05, 4.69) is 206 Å². The summed E-state index contributed by atoms with van der Waals surface area (Å²) in [7, 11) is 4.30. The van der Waals surface area contributed by atoms with E-state index in [9.17, 15) is 0 Å². The van der Waals surface area contributed by atoms with Gasteiger partial charge in [-0.25, -0.2) is 0 Å². The summed E-state index contributed by atoms with van der Waals surface area (Å²) >= 11 is 0. The molecule has 0 atom stereocenters. The van der Waals surface area contributed by atoms with E-state index < -0.39 is 0 Å². The summed E-state index contributed by atoms with van der Waals surface area (Å²) in [5, 5.41) is 20.8. The molecule has 0 radical (unpaired) electrons. The minimum absolute atomic E-state index is 0.800. The van der Waals surface area contributed by atoms with Crippen LogP contribution in [0.15, 0.2) is 182 Å². The molecule has 0 amide bonds. The van der Waals surface area contributed by atoms with Crippen LogP contribution in [0.5, 0.6) is 11.5 Å². The Bertz CT molecular complexity index is 3180. The Morgan fingerprint density at radius 1 is 0.281 bits per heavy atom. The predicted octanol–water partition coefficient (Wildman–Crippen LogP) is 15.1. The zero-order valence-corrected chi connectivity index (χ0v) is 31.6. The third kappa shape index (κ3) is 4.66. The summed E-state index contributed by atoms with van der Waals surface area (Å²) in [6.45, 7) is 0. The first-order valence-electron chi connectivity index (χ1n) is 19.6. The first-order valence-corrected chi connectivity index (χ1v) is 19.6. The summed E-state index contributed by atoms with van der Waals surface area (Å²) in [5.74, 6) is 1.60. The standard InChI is InChI=1S/C54H36N2O/c1-55(49-31-29-45-41-15-5-11-33-9-3-13-39(51(33)41)43-17-7-19-47(49)53(43)45)35-21-25-37(26-22-35)57-38-27-23-36(24-28-38)56(2)50-32-30-46-42-16-6-12-34-10-4-14-40(52(34)42)44-18-8-20-48(50)54(44)46/h3-32H,1-2H3. The molecule has 268 valence electrons. The zero-order chi connectivity index (χ0) is 37.8. The number of fused-ring (bicyclic) bond motifs is 4. The van der Waals surface area contributed by atoms with Gasteiger partial charge in [-0.05, 0) is 136 Å². The molecule has 12 rings (SSSR count). The van der Waals surface area contributed by atoms with E-state index in [1.807, 2.05) is 0 Å². The third-order valence-electron chi connectivity index (χ3n) is 12.4. The summed E-state index contributed by atoms with van der Waals surface area (Å²) in [6.07, 6.45) is 0. The molecule has 12 aromatic rings. The van der Waals surface area contributed by atoms with Crippen LogP contribution in [0, 0.1) is 0 Å². The fraction of sp³-hybridized carbons (Fsp3) is 0.0370. The van der Waals surface area contributed by atoms with Crippen LogP contribution in [0.4, 0.5) is 22.7 Å². The minimum Gasteiger partial charge on any atom is -0.457 e. The largest absolute Gasteiger partial charge is 0.457 e. The van der Waals surface area contributed by atoms with E-state index in [4.69, 9.17) is 4.74 Å². The van der Waals surface area contributed by atoms with Gasteiger partial charge in [0.15, 0.2) is 0 Å². The molecule has 0 saturated carbocycles. The van der Waals surface area contributed by atoms with Gasteiger partial charge in [0.25, 0.3) is 0 Å². The molecule has 0 N–H and O–H groups in total. The van der Waals surface area contributed by atoms with Gasteiger partial charge in [0.05, 0.1) is 0 Å². The van der Waals surface area contributed by atoms with Crippen LogP contribution in [0.1, 0.15) is 0 Å². The maximum absolute atomic E-state index is 6.39. The van der Waals surface area contributed by atoms with Gasteiger partial charge in [0, 0.05) is 47.6 Å². The van der Waals surface area contributed by atoms with Crippen LogP contribution in [0.3, 0.4) is 0 Å². The minimum atomic E-state index is 0.800. The highest BCUT2D eigenvalue weighted by Gasteiger charge is 2.18. The first-order chi connectivity index (χ1) is 28.1. The molecule has 0 aliphatic rings. The molecule has 3 heteroatoms. The summed E-state index contributed by atoms with van der Waals surface area (Å²) in [6, 6.07) is 66.0. The van der Waals surface area contributed by atoms with Crippen molar-refractivity contribution in [3.8, 4) is 11.5 Å². The topological polar surface area (TPSA) is 15.7 Å². The average Bonchev–Trinajstić information content (AvgIpc) is 3.27. The molecule has 0 saturated heterocycles. The predicted molar refractivity (Wildman–Crippen MR) is 244 cm³/mol. The number of rotatable bonds is 6. The van der Waals surface area contributed by atoms with Crippen molar-refractivity contribution in [2.24, 2.45) is 0 Å². The van der Waals surface area contributed by atoms with Crippen LogP contribution in [-0.2, 0) is 0 Å². The van der Waals surface area contributed by atoms with E-state index in [-0.39, 0.29) is 0 Å². The number of benzene rings is 12. The molecule has 0 aliphatic heterocycles. The van der Waals surface area contributed by atoms with E-state index in [1.54, 1.807) is 0 Å². The van der Waals surface area contributed by atoms with Crippen molar-refractivity contribution in [3.05, 3.63) is 182 Å². The quantitative estimate of drug-likeness (QED) is 0.125. The number of anilines is 4. The van der Waals surface area contributed by atoms with E-state index >= 15 is 0 Å². The van der Waals surface area contributed by atoms with Crippen molar-refractivity contribution in [2.75, 3.05) is 23.9 Å². The van der Waals surface area contributed by atoms with Crippen molar-refractivity contribution >= 4 is 109 Å². The highest BCUT2D eigenvalue weighted by Crippen LogP contribution is 2.46. The van der Waals surface area contributed by atoms with Crippen molar-refractivity contribution in [1.29, 1.82) is 0 Å². The second-order valence-electron chi connectivity index (χ2n) is 15.3. The Morgan fingerprint density at radius 2 is 0.579 bits per heavy atom. The number of ether oxygens (including phenoxy) is 1. The van der Waals surface area contributed by atoms with Crippen LogP contribution in [0.25, 0.3) is 86.2 Å². The maximum Gasteiger partial charge on any atom is 0.127 e. The Morgan fingerprint density at radius 3 is 0.947 bits per heavy atom. The van der Waals surface area contributed by atoms with Gasteiger partial charge in [-0.3, -0.25) is 0 Å². The smallest absolute Gasteiger partial charge is 0.127 e. The summed E-state index contributed by atoms with van der Waals surface area (Å²) in [4.78, 5) is 4.55. The van der Waals surface area contributed by atoms with Gasteiger partial charge in [-0.1, -0.05) is 121 Å². The van der Waals surface area contributed by atoms with Gasteiger partial charge < -0.3 is 14.5 Å². The Kier molecular flexibility index (Phi) is 6.76. The number of nitrogens with zero attached hydrogens (tertiary/aromatic N) is 2. The monoisotopic (exact) mass is 728 g/mol. The molecule has 0 spiro atoms. The molecule has 0 unspecified atom stereocenters. The average molecular weight is 729 g/mol. The van der Waals surface area contributed by atoms with Gasteiger partial charge in [0.1, 0.15) is 11.5 Å². The van der Waals surface area contributed by atoms with Gasteiger partial charge in [-0.15, -0.1) is 0 Å². The molecule has 57 heavy (non-hydrogen) atoms. The Balaban J connectivity index is 0.828. The van der Waals surface area contributed by atoms with Crippen molar-refractivity contribution in [2.45, 2.75) is 0 Å². The molecule has 0 aliphatic carbocycles. The van der Waals surface area contributed by atoms with Crippen LogP contribution in [0.2, 0.25) is 0 Å². The molecular weight excluding hydrogens is 693 g/mol. The Labute approximate surface area is 329 Å². The number of hydrogen-bond acceptors (Lipinski definition) is 3. The molecule has 3 nitrogen and oxygen atoms in total. The lowest BCUT2D eigenvalue weighted by Gasteiger charge is -2.24. The van der Waals surface area contributed by atoms with E-state index in [0.29, 0.717) is 0 Å². The highest BCUT2D eigenvalue weighted by molar-refractivity contribution is 6.35. The second kappa shape index (κ2) is 12.1. The molecule has 0 bridgehead atoms. The Hall–Kier alpha value is -7.36. The van der Waals surface area contributed by atoms with Crippen LogP contribution < -0.4 is 14.5 Å². The van der Waals surface area contributed by atoms with Gasteiger partial charge >= 0.3 is 0 Å². The second-order valence-corrected chi connectivity index (χ2v) is 15.3. The highest BCUT2D eigenvalue weighted by atomic mass is 16.5. The lowest BCUT2D eigenvalue weighted by atomic mass is 9.89. The lowest BCUT2D eigenvalue weighted by Crippen LogP contribution is -2.10. The fourth-order valence-electron chi connectivity index (χ4n) is 9.73. The molecule has 0 fully saturated rings. The van der Waals surface area contributed by atoms with Crippen molar-refractivity contribution in [3.63, 3.8) is 0 Å². The van der Waals surface area contributed by atoms with E-state index in [0.717, 1.165) is 22.9 Å². The molecule has 0 heterocycles. The van der Waals surface area contributed by atoms with Crippen molar-refractivity contribution in [1.82, 2.24) is 0 Å². The molecule has 12 aromatic carbocycles. The molecule has 0 aromatic heterocycles. The van der Waals surface area contributed by atoms with Crippen LogP contribution in [-0.4, -0.2) is 14.1 Å². The zero-order valence-electron chi connectivity index (χ0n) is 31.6. The van der Waals surface area contributed by atoms with Crippen LogP contribution >= 0.6 is 0 Å². The third-order valence-corrected chi connectivity index (χ3v) is 12.4. The normalized spacial score (nSPS) is 12.0. The summed E-state index contributed by atoms with van der Waals surface area (Å²) in [5.41, 5.74) is 4.54. The van der Waals surface area contributed by atoms with Gasteiger partial charge in [-0.2, -0.15) is 0 Å². The number of hydrogen-bond donors (Lipinski definition) is 0. The van der Waals surface area contributed by atoms with E-state index in [1.165, 1.54) is 97.6 Å². The summed E-state index contributed by atoms with van der Waals surface area (Å²) < 4.78 is 6.39. The van der Waals surface area contributed by atoms with Gasteiger partial charge in [0.2, 0.25) is 0 Å². The molecular formula is C54H36N2O. The maximum atomic E-state index is 6.39. The van der Waals surface area contributed by atoms with Crippen molar-refractivity contribution < 1.29 is 4.74 Å². The first kappa shape index (κ1) is 31.9. The SMILES string of the molecule is CN(c1ccc(Oc2ccc(N(C)c3ccc4c5cccc6cccc(c7cccc3c74)c65)cc2)cc1)c1ccc2c3cccc4cccc(c5cccc1c52)c43.